The van der Waals surface area contributed by atoms with E-state index in [0.29, 0.717) is 42.8 Å². The Balaban J connectivity index is 2.07. The summed E-state index contributed by atoms with van der Waals surface area (Å²) in [5.41, 5.74) is 7.75. The molecule has 5 N–H and O–H groups in total. The van der Waals surface area contributed by atoms with E-state index in [1.165, 1.54) is 6.08 Å². The number of allylic oxidation sites excluding steroid dienone is 4. The van der Waals surface area contributed by atoms with E-state index in [1.807, 2.05) is 31.7 Å². The third kappa shape index (κ3) is 8.03. The van der Waals surface area contributed by atoms with Gasteiger partial charge in [0.15, 0.2) is 5.11 Å². The number of methoxy groups -OCH3 is 2. The molecule has 2 bridgehead atoms. The van der Waals surface area contributed by atoms with Crippen LogP contribution in [0.3, 0.4) is 0 Å². The molecule has 3 aliphatic rings. The Morgan fingerprint density at radius 1 is 1.17 bits per heavy atom. The Bertz CT molecular complexity index is 1230. The Morgan fingerprint density at radius 3 is 2.43 bits per heavy atom. The summed E-state index contributed by atoms with van der Waals surface area (Å²) in [6.45, 7) is 8.79. The number of likely N-dealkylation sites (tertiary alicyclic amines) is 1. The Labute approximate surface area is 253 Å². The molecule has 11 heteroatoms. The van der Waals surface area contributed by atoms with Crippen molar-refractivity contribution in [3.05, 3.63) is 58.5 Å². The molecule has 0 aromatic heterocycles. The molecule has 2 aliphatic heterocycles. The summed E-state index contributed by atoms with van der Waals surface area (Å²) in [4.78, 5) is 41.9. The summed E-state index contributed by atoms with van der Waals surface area (Å²) in [6, 6.07) is -0.442. The molecule has 0 unspecified atom stereocenters. The summed E-state index contributed by atoms with van der Waals surface area (Å²) >= 11 is 5.12. The summed E-state index contributed by atoms with van der Waals surface area (Å²) < 4.78 is 11.4. The van der Waals surface area contributed by atoms with E-state index in [2.05, 4.69) is 10.6 Å². The van der Waals surface area contributed by atoms with Crippen molar-refractivity contribution in [3.8, 4) is 0 Å². The van der Waals surface area contributed by atoms with Gasteiger partial charge < -0.3 is 35.8 Å². The zero-order valence-electron chi connectivity index (χ0n) is 25.3. The fraction of sp³-hybridized carbons (Fsp3) is 0.548. The Hall–Kier alpha value is -3.12. The third-order valence-corrected chi connectivity index (χ3v) is 8.18. The number of hydrogen-bond donors (Lipinski definition) is 4. The van der Waals surface area contributed by atoms with Crippen molar-refractivity contribution in [3.63, 3.8) is 0 Å². The van der Waals surface area contributed by atoms with Crippen LogP contribution in [0, 0.1) is 11.8 Å². The normalized spacial score (nSPS) is 33.5. The first-order valence-electron chi connectivity index (χ1n) is 14.3. The predicted molar refractivity (Wildman–Crippen MR) is 165 cm³/mol. The van der Waals surface area contributed by atoms with Crippen LogP contribution in [0.15, 0.2) is 58.5 Å². The van der Waals surface area contributed by atoms with E-state index in [4.69, 9.17) is 27.4 Å². The van der Waals surface area contributed by atoms with Gasteiger partial charge in [-0.1, -0.05) is 43.7 Å². The first kappa shape index (κ1) is 33.4. The second-order valence-corrected chi connectivity index (χ2v) is 11.8. The highest BCUT2D eigenvalue weighted by Crippen LogP contribution is 2.32. The number of nitrogens with two attached hydrogens (primary N) is 1. The van der Waals surface area contributed by atoms with Gasteiger partial charge in [0.05, 0.1) is 35.7 Å². The molecule has 3 rings (SSSR count). The van der Waals surface area contributed by atoms with Crippen molar-refractivity contribution in [1.29, 1.82) is 0 Å². The smallest absolute Gasteiger partial charge is 0.251 e. The van der Waals surface area contributed by atoms with Crippen LogP contribution >= 0.6 is 12.2 Å². The van der Waals surface area contributed by atoms with E-state index in [1.54, 1.807) is 39.4 Å². The number of aliphatic hydroxyl groups excluding tert-OH is 1. The maximum Gasteiger partial charge on any atom is 0.251 e. The van der Waals surface area contributed by atoms with E-state index in [-0.39, 0.29) is 34.2 Å². The van der Waals surface area contributed by atoms with Crippen molar-refractivity contribution in [2.45, 2.75) is 71.3 Å². The standard InChI is InChI=1S/C31H44N4O6S/c1-17-13-21-27(35-11-8-12-35)23(36)16-22(29(21)38)33-30(39)18(2)9-7-10-24(40-5)26(34-31(32)42)19(3)15-20(4)28(37)25(14-17)41-6/h7,9-10,15-17,20,24-26,28,37H,8,11-14H2,1-6H3,(H,33,39)(H3,32,34,42)/b10-7-,18-9+,19-15+/t17-,20+,24+,25+,26+,28-/m1/s1. The van der Waals surface area contributed by atoms with E-state index in [9.17, 15) is 19.5 Å². The maximum atomic E-state index is 13.7. The van der Waals surface area contributed by atoms with Gasteiger partial charge in [0, 0.05) is 50.4 Å². The molecule has 1 amide bonds. The summed E-state index contributed by atoms with van der Waals surface area (Å²) in [5.74, 6) is -1.59. The van der Waals surface area contributed by atoms with Gasteiger partial charge in [-0.3, -0.25) is 14.4 Å². The largest absolute Gasteiger partial charge is 0.390 e. The molecule has 0 aromatic carbocycles. The van der Waals surface area contributed by atoms with Gasteiger partial charge >= 0.3 is 0 Å². The van der Waals surface area contributed by atoms with Crippen molar-refractivity contribution in [1.82, 2.24) is 15.5 Å². The number of amides is 1. The van der Waals surface area contributed by atoms with Gasteiger partial charge in [0.1, 0.15) is 0 Å². The quantitative estimate of drug-likeness (QED) is 0.215. The minimum Gasteiger partial charge on any atom is -0.390 e. The molecule has 1 saturated heterocycles. The number of nitrogens with one attached hydrogen (secondary N) is 2. The fourth-order valence-corrected chi connectivity index (χ4v) is 5.68. The molecule has 0 aromatic rings. The van der Waals surface area contributed by atoms with Gasteiger partial charge in [0.2, 0.25) is 11.6 Å². The monoisotopic (exact) mass is 600 g/mol. The number of nitrogens with zero attached hydrogens (tertiary/aromatic N) is 1. The van der Waals surface area contributed by atoms with Crippen molar-refractivity contribution in [2.75, 3.05) is 27.3 Å². The number of ketones is 2. The van der Waals surface area contributed by atoms with Crippen LogP contribution in [-0.2, 0) is 23.9 Å². The Morgan fingerprint density at radius 2 is 1.86 bits per heavy atom. The summed E-state index contributed by atoms with van der Waals surface area (Å²) in [7, 11) is 3.10. The average molecular weight is 601 g/mol. The molecule has 2 heterocycles. The lowest BCUT2D eigenvalue weighted by Crippen LogP contribution is -2.46. The number of Topliss-reactive ketones (excluding diaryl/α,β-unsaturated/α-hetero) is 1. The lowest BCUT2D eigenvalue weighted by Gasteiger charge is -2.37. The predicted octanol–water partition coefficient (Wildman–Crippen LogP) is 2.21. The summed E-state index contributed by atoms with van der Waals surface area (Å²) in [6.07, 6.45) is 7.96. The van der Waals surface area contributed by atoms with Crippen LogP contribution in [0.5, 0.6) is 0 Å². The maximum absolute atomic E-state index is 13.7. The lowest BCUT2D eigenvalue weighted by atomic mass is 9.84. The number of aliphatic hydroxyl groups is 1. The highest BCUT2D eigenvalue weighted by Gasteiger charge is 2.36. The molecular formula is C31H44N4O6S. The molecule has 0 radical (unpaired) electrons. The number of thiocarbonyl (C=S) groups is 1. The van der Waals surface area contributed by atoms with Crippen LogP contribution in [0.25, 0.3) is 0 Å². The highest BCUT2D eigenvalue weighted by atomic mass is 32.1. The number of hydrogen-bond acceptors (Lipinski definition) is 8. The molecular weight excluding hydrogens is 556 g/mol. The zero-order chi connectivity index (χ0) is 31.1. The van der Waals surface area contributed by atoms with Crippen LogP contribution in [0.4, 0.5) is 0 Å². The molecule has 6 atom stereocenters. The van der Waals surface area contributed by atoms with Gasteiger partial charge in [0.25, 0.3) is 5.91 Å². The minimum absolute atomic E-state index is 0.0432. The minimum atomic E-state index is -0.857. The van der Waals surface area contributed by atoms with Crippen molar-refractivity contribution < 1.29 is 29.0 Å². The fourth-order valence-electron chi connectivity index (χ4n) is 5.55. The van der Waals surface area contributed by atoms with Crippen LogP contribution in [0.2, 0.25) is 0 Å². The first-order valence-corrected chi connectivity index (χ1v) is 14.7. The van der Waals surface area contributed by atoms with Crippen LogP contribution < -0.4 is 16.4 Å². The van der Waals surface area contributed by atoms with Crippen molar-refractivity contribution >= 4 is 34.8 Å². The summed E-state index contributed by atoms with van der Waals surface area (Å²) in [5, 5.41) is 17.1. The van der Waals surface area contributed by atoms with Crippen molar-refractivity contribution in [2.24, 2.45) is 17.6 Å². The number of ether oxygens (including phenoxy) is 2. The zero-order valence-corrected chi connectivity index (χ0v) is 26.1. The SMILES string of the molecule is CO[C@H]1/C=C\C=C(/C)C(=O)NC2=CC(=O)C(N3CCC3)=C(C[C@@H](C)C[C@H](OC)[C@H](O)[C@@H](C)/C=C(\C)[C@@H]1NC(N)=S)C2=O. The molecule has 0 spiro atoms. The van der Waals surface area contributed by atoms with E-state index < -0.39 is 30.3 Å². The molecule has 42 heavy (non-hydrogen) atoms. The highest BCUT2D eigenvalue weighted by molar-refractivity contribution is 7.80. The average Bonchev–Trinajstić information content (AvgIpc) is 2.90. The Kier molecular flexibility index (Phi) is 11.8. The molecule has 10 nitrogen and oxygen atoms in total. The van der Waals surface area contributed by atoms with Crippen LogP contribution in [-0.4, -0.2) is 84.3 Å². The lowest BCUT2D eigenvalue weighted by molar-refractivity contribution is -0.120. The van der Waals surface area contributed by atoms with E-state index in [0.717, 1.165) is 12.0 Å². The molecule has 1 aliphatic carbocycles. The topological polar surface area (TPSA) is 143 Å². The van der Waals surface area contributed by atoms with Gasteiger partial charge in [-0.25, -0.2) is 0 Å². The third-order valence-electron chi connectivity index (χ3n) is 8.06. The number of carbonyl (C=O) groups excluding carboxylic acids is 3. The molecule has 1 fully saturated rings. The molecule has 230 valence electrons. The van der Waals surface area contributed by atoms with Gasteiger partial charge in [-0.05, 0) is 51.2 Å². The second kappa shape index (κ2) is 14.9. The first-order chi connectivity index (χ1) is 19.9. The van der Waals surface area contributed by atoms with Gasteiger partial charge in [-0.15, -0.1) is 0 Å². The number of fused-ring (bicyclic) bond motifs is 2. The molecule has 0 saturated carbocycles. The van der Waals surface area contributed by atoms with E-state index >= 15 is 0 Å². The van der Waals surface area contributed by atoms with Crippen LogP contribution in [0.1, 0.15) is 47.0 Å². The number of carbonyl (C=O) groups is 3. The number of rotatable bonds is 4. The van der Waals surface area contributed by atoms with Gasteiger partial charge in [-0.2, -0.15) is 0 Å². The second-order valence-electron chi connectivity index (χ2n) is 11.4.